The van der Waals surface area contributed by atoms with E-state index in [0.717, 1.165) is 24.0 Å². The predicted molar refractivity (Wildman–Crippen MR) is 73.6 cm³/mol. The van der Waals surface area contributed by atoms with Gasteiger partial charge in [-0.15, -0.1) is 0 Å². The minimum atomic E-state index is -1.72. The summed E-state index contributed by atoms with van der Waals surface area (Å²) in [5, 5.41) is 3.92. The van der Waals surface area contributed by atoms with Crippen LogP contribution >= 0.6 is 0 Å². The third-order valence-electron chi connectivity index (χ3n) is 3.49. The Morgan fingerprint density at radius 1 is 0.955 bits per heavy atom. The Morgan fingerprint density at radius 3 is 2.36 bits per heavy atom. The van der Waals surface area contributed by atoms with E-state index in [1.54, 1.807) is 0 Å². The number of pyridine rings is 1. The van der Waals surface area contributed by atoms with Gasteiger partial charge in [-0.1, -0.05) is 24.3 Å². The predicted octanol–water partition coefficient (Wildman–Crippen LogP) is 3.79. The first-order valence-electron chi connectivity index (χ1n) is 6.68. The van der Waals surface area contributed by atoms with Crippen LogP contribution in [0.15, 0.2) is 29.4 Å². The second-order valence-corrected chi connectivity index (χ2v) is 4.88. The molecule has 0 saturated carbocycles. The quantitative estimate of drug-likeness (QED) is 0.520. The van der Waals surface area contributed by atoms with Crippen molar-refractivity contribution in [3.63, 3.8) is 0 Å². The Kier molecular flexibility index (Phi) is 3.79. The normalized spacial score (nSPS) is 15.7. The average molecular weight is 309 g/mol. The van der Waals surface area contributed by atoms with Crippen LogP contribution < -0.4 is 5.43 Å². The number of fused-ring (bicyclic) bond motifs is 1. The Bertz CT molecular complexity index is 732. The molecule has 22 heavy (non-hydrogen) atoms. The fourth-order valence-corrected chi connectivity index (χ4v) is 2.43. The molecule has 114 valence electrons. The van der Waals surface area contributed by atoms with Gasteiger partial charge in [0.1, 0.15) is 5.69 Å². The molecule has 1 heterocycles. The van der Waals surface area contributed by atoms with Gasteiger partial charge in [0.2, 0.25) is 11.6 Å². The van der Waals surface area contributed by atoms with Crippen LogP contribution in [0.3, 0.4) is 0 Å². The van der Waals surface area contributed by atoms with Crippen molar-refractivity contribution in [2.45, 2.75) is 19.3 Å². The average Bonchev–Trinajstić information content (AvgIpc) is 2.53. The summed E-state index contributed by atoms with van der Waals surface area (Å²) in [7, 11) is 0. The standard InChI is InChI=1S/C15H11F4N3/c16-11-13(12(17)15(19)20-14(11)18)22-21-10-7-3-5-8-4-1-2-6-9(8)10/h1-2,4,6H,3,5,7H2,(H,20,22)/b21-10+. The molecule has 1 aromatic heterocycles. The van der Waals surface area contributed by atoms with E-state index in [9.17, 15) is 17.6 Å². The summed E-state index contributed by atoms with van der Waals surface area (Å²) in [6.45, 7) is 0. The number of benzene rings is 1. The SMILES string of the molecule is Fc1nc(F)c(F)c(N/N=C2\CCCc3ccccc32)c1F. The van der Waals surface area contributed by atoms with Crippen LogP contribution in [0.25, 0.3) is 0 Å². The van der Waals surface area contributed by atoms with Crippen molar-refractivity contribution in [1.82, 2.24) is 4.98 Å². The zero-order valence-electron chi connectivity index (χ0n) is 11.3. The first-order valence-corrected chi connectivity index (χ1v) is 6.68. The first-order chi connectivity index (χ1) is 10.6. The fourth-order valence-electron chi connectivity index (χ4n) is 2.43. The number of hydrazone groups is 1. The van der Waals surface area contributed by atoms with Crippen LogP contribution in [-0.4, -0.2) is 10.7 Å². The van der Waals surface area contributed by atoms with Gasteiger partial charge in [-0.05, 0) is 24.8 Å². The monoisotopic (exact) mass is 309 g/mol. The minimum Gasteiger partial charge on any atom is -0.272 e. The molecule has 7 heteroatoms. The van der Waals surface area contributed by atoms with E-state index in [1.807, 2.05) is 24.3 Å². The Balaban J connectivity index is 1.97. The van der Waals surface area contributed by atoms with Gasteiger partial charge in [-0.3, -0.25) is 5.43 Å². The van der Waals surface area contributed by atoms with Crippen molar-refractivity contribution >= 4 is 11.4 Å². The summed E-state index contributed by atoms with van der Waals surface area (Å²) in [6, 6.07) is 7.50. The lowest BCUT2D eigenvalue weighted by Crippen LogP contribution is -2.14. The number of hydrogen-bond donors (Lipinski definition) is 1. The molecule has 3 nitrogen and oxygen atoms in total. The van der Waals surface area contributed by atoms with Crippen LogP contribution in [0.2, 0.25) is 0 Å². The highest BCUT2D eigenvalue weighted by Crippen LogP contribution is 2.24. The van der Waals surface area contributed by atoms with Gasteiger partial charge in [0.15, 0.2) is 0 Å². The van der Waals surface area contributed by atoms with Crippen molar-refractivity contribution < 1.29 is 17.6 Å². The van der Waals surface area contributed by atoms with Crippen LogP contribution in [0.1, 0.15) is 24.0 Å². The molecule has 0 saturated heterocycles. The molecule has 0 atom stereocenters. The number of hydrogen-bond acceptors (Lipinski definition) is 3. The summed E-state index contributed by atoms with van der Waals surface area (Å²) in [4.78, 5) is 2.49. The van der Waals surface area contributed by atoms with Gasteiger partial charge < -0.3 is 0 Å². The van der Waals surface area contributed by atoms with Crippen LogP contribution in [0.4, 0.5) is 23.2 Å². The summed E-state index contributed by atoms with van der Waals surface area (Å²) in [5.41, 5.74) is 3.62. The smallest absolute Gasteiger partial charge is 0.254 e. The fraction of sp³-hybridized carbons (Fsp3) is 0.200. The summed E-state index contributed by atoms with van der Waals surface area (Å²) < 4.78 is 53.1. The van der Waals surface area contributed by atoms with Crippen molar-refractivity contribution in [2.75, 3.05) is 5.43 Å². The number of nitrogens with zero attached hydrogens (tertiary/aromatic N) is 2. The van der Waals surface area contributed by atoms with Gasteiger partial charge in [0.25, 0.3) is 11.9 Å². The van der Waals surface area contributed by atoms with Gasteiger partial charge >= 0.3 is 0 Å². The van der Waals surface area contributed by atoms with E-state index >= 15 is 0 Å². The number of nitrogens with one attached hydrogen (secondary N) is 1. The minimum absolute atomic E-state index is 0.582. The summed E-state index contributed by atoms with van der Waals surface area (Å²) in [6.07, 6.45) is 2.32. The molecule has 0 spiro atoms. The maximum atomic E-state index is 13.5. The molecule has 1 aliphatic carbocycles. The lowest BCUT2D eigenvalue weighted by molar-refractivity contribution is 0.411. The van der Waals surface area contributed by atoms with E-state index in [2.05, 4.69) is 15.5 Å². The number of aromatic nitrogens is 1. The van der Waals surface area contributed by atoms with E-state index in [1.165, 1.54) is 0 Å². The lowest BCUT2D eigenvalue weighted by atomic mass is 9.90. The van der Waals surface area contributed by atoms with Crippen molar-refractivity contribution in [3.8, 4) is 0 Å². The number of rotatable bonds is 2. The highest BCUT2D eigenvalue weighted by atomic mass is 19.2. The second kappa shape index (κ2) is 5.75. The first kappa shape index (κ1) is 14.5. The molecule has 2 aromatic rings. The molecule has 1 aliphatic rings. The van der Waals surface area contributed by atoms with Crippen molar-refractivity contribution in [1.29, 1.82) is 0 Å². The van der Waals surface area contributed by atoms with Gasteiger partial charge in [-0.25, -0.2) is 0 Å². The van der Waals surface area contributed by atoms with E-state index in [-0.39, 0.29) is 0 Å². The maximum absolute atomic E-state index is 13.5. The topological polar surface area (TPSA) is 37.3 Å². The zero-order valence-corrected chi connectivity index (χ0v) is 11.3. The summed E-state index contributed by atoms with van der Waals surface area (Å²) in [5.74, 6) is -6.64. The van der Waals surface area contributed by atoms with Gasteiger partial charge in [0, 0.05) is 5.56 Å². The molecular weight excluding hydrogens is 298 g/mol. The molecule has 0 radical (unpaired) electrons. The van der Waals surface area contributed by atoms with Crippen molar-refractivity contribution in [2.24, 2.45) is 5.10 Å². The number of aryl methyl sites for hydroxylation is 1. The largest absolute Gasteiger partial charge is 0.272 e. The maximum Gasteiger partial charge on any atom is 0.254 e. The molecule has 1 N–H and O–H groups in total. The van der Waals surface area contributed by atoms with Gasteiger partial charge in [0.05, 0.1) is 5.71 Å². The summed E-state index contributed by atoms with van der Waals surface area (Å²) >= 11 is 0. The molecule has 0 unspecified atom stereocenters. The Morgan fingerprint density at radius 2 is 1.64 bits per heavy atom. The third-order valence-corrected chi connectivity index (χ3v) is 3.49. The van der Waals surface area contributed by atoms with E-state index in [4.69, 9.17) is 0 Å². The highest BCUT2D eigenvalue weighted by molar-refractivity contribution is 6.03. The van der Waals surface area contributed by atoms with Crippen LogP contribution in [0.5, 0.6) is 0 Å². The highest BCUT2D eigenvalue weighted by Gasteiger charge is 2.21. The van der Waals surface area contributed by atoms with Gasteiger partial charge in [-0.2, -0.15) is 27.6 Å². The van der Waals surface area contributed by atoms with E-state index < -0.39 is 29.2 Å². The molecular formula is C15H11F4N3. The Labute approximate surface area is 123 Å². The number of anilines is 1. The molecule has 0 aliphatic heterocycles. The molecule has 0 bridgehead atoms. The molecule has 0 fully saturated rings. The molecule has 1 aromatic carbocycles. The zero-order chi connectivity index (χ0) is 15.7. The van der Waals surface area contributed by atoms with E-state index in [0.29, 0.717) is 12.1 Å². The second-order valence-electron chi connectivity index (χ2n) is 4.88. The van der Waals surface area contributed by atoms with Crippen LogP contribution in [0, 0.1) is 23.5 Å². The third kappa shape index (κ3) is 2.54. The number of halogens is 4. The molecule has 0 amide bonds. The van der Waals surface area contributed by atoms with Crippen LogP contribution in [-0.2, 0) is 6.42 Å². The molecule has 3 rings (SSSR count). The lowest BCUT2D eigenvalue weighted by Gasteiger charge is -2.17. The van der Waals surface area contributed by atoms with Crippen molar-refractivity contribution in [3.05, 3.63) is 58.9 Å². The Hall–Kier alpha value is -2.44.